The van der Waals surface area contributed by atoms with Crippen molar-refractivity contribution in [1.82, 2.24) is 10.7 Å². The average Bonchev–Trinajstić information content (AvgIpc) is 2.93. The van der Waals surface area contributed by atoms with Crippen molar-refractivity contribution in [1.29, 1.82) is 0 Å². The second kappa shape index (κ2) is 14.6. The van der Waals surface area contributed by atoms with Gasteiger partial charge in [-0.05, 0) is 55.3 Å². The van der Waals surface area contributed by atoms with E-state index in [0.29, 0.717) is 48.3 Å². The molecule has 10 heteroatoms. The molecule has 0 aliphatic heterocycles. The maximum absolute atomic E-state index is 12.2. The number of anilines is 1. The molecule has 38 heavy (non-hydrogen) atoms. The van der Waals surface area contributed by atoms with Gasteiger partial charge in [0.25, 0.3) is 5.91 Å². The van der Waals surface area contributed by atoms with E-state index in [9.17, 15) is 14.4 Å². The molecule has 0 heterocycles. The fourth-order valence-electron chi connectivity index (χ4n) is 3.23. The third-order valence-electron chi connectivity index (χ3n) is 4.98. The zero-order chi connectivity index (χ0) is 27.2. The van der Waals surface area contributed by atoms with Crippen molar-refractivity contribution in [3.05, 3.63) is 83.9 Å². The molecule has 0 radical (unpaired) electrons. The molecule has 0 saturated heterocycles. The maximum Gasteiger partial charge on any atom is 0.329 e. The molecule has 0 aromatic heterocycles. The number of carbonyl (C=O) groups is 3. The summed E-state index contributed by atoms with van der Waals surface area (Å²) in [5, 5.41) is 9.14. The van der Waals surface area contributed by atoms with E-state index in [-0.39, 0.29) is 12.5 Å². The first kappa shape index (κ1) is 27.7. The summed E-state index contributed by atoms with van der Waals surface area (Å²) in [4.78, 5) is 36.6. The Morgan fingerprint density at radius 3 is 2.26 bits per heavy atom. The number of ether oxygens (including phenoxy) is 3. The highest BCUT2D eigenvalue weighted by Gasteiger charge is 2.15. The van der Waals surface area contributed by atoms with Gasteiger partial charge in [0, 0.05) is 6.54 Å². The molecule has 0 unspecified atom stereocenters. The highest BCUT2D eigenvalue weighted by molar-refractivity contribution is 6.39. The largest absolute Gasteiger partial charge is 0.492 e. The van der Waals surface area contributed by atoms with E-state index in [0.717, 1.165) is 5.56 Å². The quantitative estimate of drug-likeness (QED) is 0.192. The molecule has 0 spiro atoms. The summed E-state index contributed by atoms with van der Waals surface area (Å²) in [6, 6.07) is 21.3. The van der Waals surface area contributed by atoms with Crippen LogP contribution >= 0.6 is 0 Å². The number of para-hydroxylation sites is 2. The average molecular weight is 519 g/mol. The number of amides is 3. The van der Waals surface area contributed by atoms with E-state index in [1.54, 1.807) is 42.5 Å². The van der Waals surface area contributed by atoms with Gasteiger partial charge in [-0.1, -0.05) is 42.5 Å². The lowest BCUT2D eigenvalue weighted by molar-refractivity contribution is -0.136. The number of benzene rings is 3. The molecule has 3 rings (SSSR count). The minimum Gasteiger partial charge on any atom is -0.492 e. The number of hydrazone groups is 1. The number of carbonyl (C=O) groups excluding carboxylic acids is 3. The number of nitrogens with zero attached hydrogens (tertiary/aromatic N) is 1. The second-order valence-corrected chi connectivity index (χ2v) is 7.77. The van der Waals surface area contributed by atoms with Gasteiger partial charge >= 0.3 is 11.8 Å². The third-order valence-corrected chi connectivity index (χ3v) is 4.98. The van der Waals surface area contributed by atoms with E-state index < -0.39 is 11.8 Å². The van der Waals surface area contributed by atoms with Crippen molar-refractivity contribution in [2.24, 2.45) is 5.10 Å². The number of nitrogens with one attached hydrogen (secondary N) is 3. The van der Waals surface area contributed by atoms with Gasteiger partial charge in [0.2, 0.25) is 0 Å². The molecule has 3 amide bonds. The molecule has 0 bridgehead atoms. The summed E-state index contributed by atoms with van der Waals surface area (Å²) in [6.07, 6.45) is 1.36. The third kappa shape index (κ3) is 8.66. The van der Waals surface area contributed by atoms with Crippen LogP contribution in [0.5, 0.6) is 17.2 Å². The molecule has 3 aromatic carbocycles. The van der Waals surface area contributed by atoms with Crippen LogP contribution in [-0.4, -0.2) is 43.8 Å². The summed E-state index contributed by atoms with van der Waals surface area (Å²) >= 11 is 0. The zero-order valence-electron chi connectivity index (χ0n) is 21.2. The predicted molar refractivity (Wildman–Crippen MR) is 143 cm³/mol. The minimum absolute atomic E-state index is 0.183. The molecule has 0 fully saturated rings. The van der Waals surface area contributed by atoms with Crippen molar-refractivity contribution in [2.45, 2.75) is 20.4 Å². The van der Waals surface area contributed by atoms with Gasteiger partial charge in [-0.15, -0.1) is 0 Å². The van der Waals surface area contributed by atoms with Crippen LogP contribution in [0, 0.1) is 0 Å². The minimum atomic E-state index is -0.945. The van der Waals surface area contributed by atoms with E-state index >= 15 is 0 Å². The van der Waals surface area contributed by atoms with Gasteiger partial charge in [0.15, 0.2) is 18.1 Å². The van der Waals surface area contributed by atoms with Gasteiger partial charge in [-0.2, -0.15) is 5.10 Å². The first-order valence-corrected chi connectivity index (χ1v) is 12.1. The lowest BCUT2D eigenvalue weighted by Gasteiger charge is -2.12. The first-order valence-electron chi connectivity index (χ1n) is 12.1. The molecule has 3 aromatic rings. The summed E-state index contributed by atoms with van der Waals surface area (Å²) in [6.45, 7) is 4.65. The number of hydrogen-bond donors (Lipinski definition) is 3. The fraction of sp³-hybridized carbons (Fsp3) is 0.214. The van der Waals surface area contributed by atoms with E-state index in [1.165, 1.54) is 6.21 Å². The molecular weight excluding hydrogens is 488 g/mol. The Kier molecular flexibility index (Phi) is 10.7. The summed E-state index contributed by atoms with van der Waals surface area (Å²) in [5.74, 6) is -0.859. The second-order valence-electron chi connectivity index (χ2n) is 7.77. The van der Waals surface area contributed by atoms with Crippen LogP contribution in [0.4, 0.5) is 5.69 Å². The molecule has 0 aliphatic rings. The fourth-order valence-corrected chi connectivity index (χ4v) is 3.23. The number of hydrogen-bond acceptors (Lipinski definition) is 7. The highest BCUT2D eigenvalue weighted by atomic mass is 16.5. The van der Waals surface area contributed by atoms with E-state index in [1.807, 2.05) is 44.2 Å². The summed E-state index contributed by atoms with van der Waals surface area (Å²) in [5.41, 5.74) is 4.13. The smallest absolute Gasteiger partial charge is 0.329 e. The molecule has 3 N–H and O–H groups in total. The lowest BCUT2D eigenvalue weighted by atomic mass is 10.2. The van der Waals surface area contributed by atoms with Crippen molar-refractivity contribution < 1.29 is 28.6 Å². The SMILES string of the molecule is CCOc1ccccc1NC(=O)C(=O)N/N=C/c1ccc(OCC(=O)NCc2ccccc2)c(OCC)c1. The van der Waals surface area contributed by atoms with Gasteiger partial charge < -0.3 is 24.8 Å². The molecule has 0 saturated carbocycles. The van der Waals surface area contributed by atoms with Crippen molar-refractivity contribution in [2.75, 3.05) is 25.1 Å². The van der Waals surface area contributed by atoms with Crippen molar-refractivity contribution in [3.63, 3.8) is 0 Å². The van der Waals surface area contributed by atoms with Gasteiger partial charge in [-0.3, -0.25) is 14.4 Å². The Labute approximate surface area is 221 Å². The first-order chi connectivity index (χ1) is 18.5. The molecule has 0 aliphatic carbocycles. The Morgan fingerprint density at radius 1 is 0.789 bits per heavy atom. The van der Waals surface area contributed by atoms with Crippen LogP contribution in [-0.2, 0) is 20.9 Å². The molecule has 10 nitrogen and oxygen atoms in total. The van der Waals surface area contributed by atoms with Gasteiger partial charge in [0.1, 0.15) is 5.75 Å². The molecule has 198 valence electrons. The van der Waals surface area contributed by atoms with Crippen LogP contribution in [0.1, 0.15) is 25.0 Å². The van der Waals surface area contributed by atoms with Crippen molar-refractivity contribution >= 4 is 29.6 Å². The Bertz CT molecular complexity index is 1260. The number of rotatable bonds is 12. The standard InChI is InChI=1S/C28H30N4O6/c1-3-36-23-13-9-8-12-22(23)31-27(34)28(35)32-30-18-21-14-15-24(25(16-21)37-4-2)38-19-26(33)29-17-20-10-6-5-7-11-20/h5-16,18H,3-4,17,19H2,1-2H3,(H,29,33)(H,31,34)(H,32,35)/b30-18+. The van der Waals surface area contributed by atoms with Crippen LogP contribution < -0.4 is 30.3 Å². The zero-order valence-corrected chi connectivity index (χ0v) is 21.2. The predicted octanol–water partition coefficient (Wildman–Crippen LogP) is 3.27. The lowest BCUT2D eigenvalue weighted by Crippen LogP contribution is -2.32. The Balaban J connectivity index is 1.53. The molecular formula is C28H30N4O6. The van der Waals surface area contributed by atoms with Crippen molar-refractivity contribution in [3.8, 4) is 17.2 Å². The Hall–Kier alpha value is -4.86. The highest BCUT2D eigenvalue weighted by Crippen LogP contribution is 2.28. The van der Waals surface area contributed by atoms with Crippen LogP contribution in [0.25, 0.3) is 0 Å². The molecule has 0 atom stereocenters. The summed E-state index contributed by atoms with van der Waals surface area (Å²) in [7, 11) is 0. The maximum atomic E-state index is 12.2. The Morgan fingerprint density at radius 2 is 1.50 bits per heavy atom. The monoisotopic (exact) mass is 518 g/mol. The topological polar surface area (TPSA) is 127 Å². The summed E-state index contributed by atoms with van der Waals surface area (Å²) < 4.78 is 16.7. The van der Waals surface area contributed by atoms with E-state index in [4.69, 9.17) is 14.2 Å². The van der Waals surface area contributed by atoms with E-state index in [2.05, 4.69) is 21.2 Å². The van der Waals surface area contributed by atoms with Gasteiger partial charge in [0.05, 0.1) is 25.1 Å². The van der Waals surface area contributed by atoms with Crippen LogP contribution in [0.2, 0.25) is 0 Å². The van der Waals surface area contributed by atoms with Crippen LogP contribution in [0.15, 0.2) is 77.9 Å². The van der Waals surface area contributed by atoms with Crippen LogP contribution in [0.3, 0.4) is 0 Å². The normalized spacial score (nSPS) is 10.5. The van der Waals surface area contributed by atoms with Gasteiger partial charge in [-0.25, -0.2) is 5.43 Å².